The van der Waals surface area contributed by atoms with Crippen LogP contribution in [0.25, 0.3) is 0 Å². The molecular weight excluding hydrogens is 209 g/mol. The van der Waals surface area contributed by atoms with Crippen molar-refractivity contribution in [3.63, 3.8) is 0 Å². The first-order chi connectivity index (χ1) is 7.70. The first-order valence-electron chi connectivity index (χ1n) is 5.30. The minimum absolute atomic E-state index is 0.115. The highest BCUT2D eigenvalue weighted by atomic mass is 19.1. The Kier molecular flexibility index (Phi) is 3.19. The van der Waals surface area contributed by atoms with Crippen LogP contribution >= 0.6 is 0 Å². The van der Waals surface area contributed by atoms with Crippen LogP contribution in [-0.2, 0) is 9.53 Å². The molecule has 1 N–H and O–H groups in total. The molecule has 0 aromatic heterocycles. The molecule has 1 saturated heterocycles. The Balaban J connectivity index is 2.03. The van der Waals surface area contributed by atoms with Gasteiger partial charge in [0.05, 0.1) is 7.11 Å². The Labute approximate surface area is 93.6 Å². The van der Waals surface area contributed by atoms with Crippen molar-refractivity contribution in [1.82, 2.24) is 5.32 Å². The highest BCUT2D eigenvalue weighted by Crippen LogP contribution is 2.26. The van der Waals surface area contributed by atoms with E-state index < -0.39 is 0 Å². The van der Waals surface area contributed by atoms with Gasteiger partial charge in [0.25, 0.3) is 0 Å². The largest absolute Gasteiger partial charge is 0.468 e. The maximum atomic E-state index is 12.7. The average molecular weight is 223 g/mol. The SMILES string of the molecule is COC(=O)[C@@H]1CC[C@H](c2ccc(F)cc2)N1. The summed E-state index contributed by atoms with van der Waals surface area (Å²) < 4.78 is 17.4. The molecule has 86 valence electrons. The van der Waals surface area contributed by atoms with Crippen LogP contribution < -0.4 is 5.32 Å². The Bertz CT molecular complexity index is 377. The quantitative estimate of drug-likeness (QED) is 0.777. The lowest BCUT2D eigenvalue weighted by atomic mass is 10.1. The molecular formula is C12H14FNO2. The molecule has 0 unspecified atom stereocenters. The summed E-state index contributed by atoms with van der Waals surface area (Å²) >= 11 is 0. The highest BCUT2D eigenvalue weighted by molar-refractivity contribution is 5.76. The third-order valence-electron chi connectivity index (χ3n) is 2.90. The molecule has 2 rings (SSSR count). The van der Waals surface area contributed by atoms with Crippen molar-refractivity contribution in [2.24, 2.45) is 0 Å². The van der Waals surface area contributed by atoms with Gasteiger partial charge in [0.1, 0.15) is 11.9 Å². The van der Waals surface area contributed by atoms with Crippen molar-refractivity contribution in [3.8, 4) is 0 Å². The number of ether oxygens (including phenoxy) is 1. The highest BCUT2D eigenvalue weighted by Gasteiger charge is 2.30. The van der Waals surface area contributed by atoms with Gasteiger partial charge in [-0.15, -0.1) is 0 Å². The van der Waals surface area contributed by atoms with E-state index in [0.29, 0.717) is 0 Å². The van der Waals surface area contributed by atoms with Gasteiger partial charge in [-0.3, -0.25) is 10.1 Å². The molecule has 0 amide bonds. The summed E-state index contributed by atoms with van der Waals surface area (Å²) in [6.45, 7) is 0. The molecule has 0 radical (unpaired) electrons. The van der Waals surface area contributed by atoms with Gasteiger partial charge in [-0.25, -0.2) is 4.39 Å². The average Bonchev–Trinajstić information content (AvgIpc) is 2.78. The van der Waals surface area contributed by atoms with Gasteiger partial charge < -0.3 is 4.74 Å². The third kappa shape index (κ3) is 2.22. The number of hydrogen-bond donors (Lipinski definition) is 1. The number of carbonyl (C=O) groups is 1. The summed E-state index contributed by atoms with van der Waals surface area (Å²) in [6, 6.07) is 6.23. The zero-order chi connectivity index (χ0) is 11.5. The van der Waals surface area contributed by atoms with Gasteiger partial charge in [0.2, 0.25) is 0 Å². The molecule has 0 spiro atoms. The normalized spacial score (nSPS) is 24.4. The van der Waals surface area contributed by atoms with Gasteiger partial charge in [0, 0.05) is 6.04 Å². The number of nitrogens with one attached hydrogen (secondary N) is 1. The third-order valence-corrected chi connectivity index (χ3v) is 2.90. The van der Waals surface area contributed by atoms with Crippen LogP contribution in [-0.4, -0.2) is 19.1 Å². The smallest absolute Gasteiger partial charge is 0.322 e. The molecule has 1 aliphatic heterocycles. The Hall–Kier alpha value is -1.42. The number of methoxy groups -OCH3 is 1. The van der Waals surface area contributed by atoms with Crippen LogP contribution in [0.1, 0.15) is 24.4 Å². The van der Waals surface area contributed by atoms with Gasteiger partial charge >= 0.3 is 5.97 Å². The lowest BCUT2D eigenvalue weighted by Gasteiger charge is -2.13. The van der Waals surface area contributed by atoms with Crippen LogP contribution in [0.15, 0.2) is 24.3 Å². The van der Waals surface area contributed by atoms with E-state index in [1.165, 1.54) is 19.2 Å². The molecule has 0 saturated carbocycles. The Morgan fingerprint density at radius 3 is 2.69 bits per heavy atom. The van der Waals surface area contributed by atoms with E-state index in [1.54, 1.807) is 12.1 Å². The standard InChI is InChI=1S/C12H14FNO2/c1-16-12(15)11-7-6-10(14-11)8-2-4-9(13)5-3-8/h2-5,10-11,14H,6-7H2,1H3/t10-,11+/m1/s1. The van der Waals surface area contributed by atoms with Gasteiger partial charge in [-0.05, 0) is 30.5 Å². The summed E-state index contributed by atoms with van der Waals surface area (Å²) in [4.78, 5) is 11.3. The predicted molar refractivity (Wildman–Crippen MR) is 57.3 cm³/mol. The molecule has 0 bridgehead atoms. The summed E-state index contributed by atoms with van der Waals surface area (Å²) in [7, 11) is 1.38. The van der Waals surface area contributed by atoms with E-state index in [9.17, 15) is 9.18 Å². The Morgan fingerprint density at radius 1 is 1.38 bits per heavy atom. The van der Waals surface area contributed by atoms with Crippen LogP contribution in [0.2, 0.25) is 0 Å². The fraction of sp³-hybridized carbons (Fsp3) is 0.417. The zero-order valence-electron chi connectivity index (χ0n) is 9.07. The number of esters is 1. The summed E-state index contributed by atoms with van der Waals surface area (Å²) in [5.74, 6) is -0.476. The molecule has 2 atom stereocenters. The number of benzene rings is 1. The van der Waals surface area contributed by atoms with Crippen molar-refractivity contribution in [2.45, 2.75) is 24.9 Å². The van der Waals surface area contributed by atoms with E-state index in [2.05, 4.69) is 10.1 Å². The van der Waals surface area contributed by atoms with E-state index in [4.69, 9.17) is 0 Å². The molecule has 1 aromatic rings. The molecule has 1 aromatic carbocycles. The van der Waals surface area contributed by atoms with E-state index in [-0.39, 0.29) is 23.9 Å². The second kappa shape index (κ2) is 4.61. The monoisotopic (exact) mass is 223 g/mol. The number of hydrogen-bond acceptors (Lipinski definition) is 3. The fourth-order valence-electron chi connectivity index (χ4n) is 2.03. The van der Waals surface area contributed by atoms with Gasteiger partial charge in [0.15, 0.2) is 0 Å². The number of halogens is 1. The van der Waals surface area contributed by atoms with E-state index in [1.807, 2.05) is 0 Å². The van der Waals surface area contributed by atoms with Gasteiger partial charge in [-0.2, -0.15) is 0 Å². The second-order valence-corrected chi connectivity index (χ2v) is 3.92. The molecule has 1 heterocycles. The zero-order valence-corrected chi connectivity index (χ0v) is 9.07. The predicted octanol–water partition coefficient (Wildman–Crippen LogP) is 1.79. The fourth-order valence-corrected chi connectivity index (χ4v) is 2.03. The van der Waals surface area contributed by atoms with Crippen molar-refractivity contribution in [2.75, 3.05) is 7.11 Å². The van der Waals surface area contributed by atoms with Crippen molar-refractivity contribution >= 4 is 5.97 Å². The van der Waals surface area contributed by atoms with Gasteiger partial charge in [-0.1, -0.05) is 12.1 Å². The second-order valence-electron chi connectivity index (χ2n) is 3.92. The van der Waals surface area contributed by atoms with Crippen LogP contribution in [0.5, 0.6) is 0 Å². The Morgan fingerprint density at radius 2 is 2.06 bits per heavy atom. The van der Waals surface area contributed by atoms with Crippen LogP contribution in [0.4, 0.5) is 4.39 Å². The number of carbonyl (C=O) groups excluding carboxylic acids is 1. The topological polar surface area (TPSA) is 38.3 Å². The maximum absolute atomic E-state index is 12.7. The molecule has 1 fully saturated rings. The minimum atomic E-state index is -0.244. The van der Waals surface area contributed by atoms with Crippen molar-refractivity contribution in [3.05, 3.63) is 35.6 Å². The first kappa shape index (κ1) is 11.1. The summed E-state index contributed by atoms with van der Waals surface area (Å²) in [5.41, 5.74) is 1.01. The maximum Gasteiger partial charge on any atom is 0.322 e. The summed E-state index contributed by atoms with van der Waals surface area (Å²) in [6.07, 6.45) is 1.63. The molecule has 0 aliphatic carbocycles. The van der Waals surface area contributed by atoms with Crippen LogP contribution in [0, 0.1) is 5.82 Å². The van der Waals surface area contributed by atoms with Crippen molar-refractivity contribution in [1.29, 1.82) is 0 Å². The number of rotatable bonds is 2. The van der Waals surface area contributed by atoms with E-state index in [0.717, 1.165) is 18.4 Å². The first-order valence-corrected chi connectivity index (χ1v) is 5.30. The molecule has 16 heavy (non-hydrogen) atoms. The lowest BCUT2D eigenvalue weighted by molar-refractivity contribution is -0.142. The molecule has 3 nitrogen and oxygen atoms in total. The minimum Gasteiger partial charge on any atom is -0.468 e. The lowest BCUT2D eigenvalue weighted by Crippen LogP contribution is -2.33. The summed E-state index contributed by atoms with van der Waals surface area (Å²) in [5, 5.41) is 3.18. The van der Waals surface area contributed by atoms with Crippen LogP contribution in [0.3, 0.4) is 0 Å². The molecule has 4 heteroatoms. The van der Waals surface area contributed by atoms with Crippen molar-refractivity contribution < 1.29 is 13.9 Å². The van der Waals surface area contributed by atoms with E-state index >= 15 is 0 Å². The molecule has 1 aliphatic rings.